The Labute approximate surface area is 103 Å². The summed E-state index contributed by atoms with van der Waals surface area (Å²) in [5, 5.41) is 3.31. The molecular formula is C11H16BrN3O. The molecule has 0 spiro atoms. The summed E-state index contributed by atoms with van der Waals surface area (Å²) in [4.78, 5) is 15.8. The van der Waals surface area contributed by atoms with Crippen LogP contribution in [0.4, 0.5) is 0 Å². The molecule has 1 aromatic rings. The van der Waals surface area contributed by atoms with Crippen molar-refractivity contribution in [3.8, 4) is 0 Å². The van der Waals surface area contributed by atoms with Crippen molar-refractivity contribution in [1.82, 2.24) is 14.9 Å². The predicted octanol–water partition coefficient (Wildman–Crippen LogP) is 1.23. The number of nitrogens with zero attached hydrogens (tertiary/aromatic N) is 2. The van der Waals surface area contributed by atoms with Gasteiger partial charge >= 0.3 is 5.69 Å². The van der Waals surface area contributed by atoms with E-state index >= 15 is 0 Å². The first-order valence-electron chi connectivity index (χ1n) is 5.54. The van der Waals surface area contributed by atoms with Crippen LogP contribution >= 0.6 is 15.9 Å². The Morgan fingerprint density at radius 2 is 2.31 bits per heavy atom. The second kappa shape index (κ2) is 4.67. The highest BCUT2D eigenvalue weighted by atomic mass is 79.9. The lowest BCUT2D eigenvalue weighted by Crippen LogP contribution is -2.30. The number of halogens is 1. The molecule has 0 aliphatic carbocycles. The van der Waals surface area contributed by atoms with Crippen molar-refractivity contribution in [3.05, 3.63) is 26.3 Å². The van der Waals surface area contributed by atoms with Crippen LogP contribution in [0.15, 0.2) is 9.27 Å². The average Bonchev–Trinajstić information content (AvgIpc) is 2.74. The van der Waals surface area contributed by atoms with Crippen molar-refractivity contribution in [2.45, 2.75) is 26.8 Å². The summed E-state index contributed by atoms with van der Waals surface area (Å²) in [7, 11) is 0. The molecule has 1 N–H and O–H groups in total. The molecule has 0 saturated carbocycles. The second-order valence-electron chi connectivity index (χ2n) is 4.35. The van der Waals surface area contributed by atoms with Gasteiger partial charge in [-0.3, -0.25) is 4.57 Å². The second-order valence-corrected chi connectivity index (χ2v) is 5.14. The van der Waals surface area contributed by atoms with E-state index in [1.165, 1.54) is 0 Å². The van der Waals surface area contributed by atoms with E-state index in [4.69, 9.17) is 0 Å². The van der Waals surface area contributed by atoms with Crippen LogP contribution in [-0.4, -0.2) is 22.6 Å². The maximum absolute atomic E-state index is 11.8. The van der Waals surface area contributed by atoms with Gasteiger partial charge in [-0.25, -0.2) is 4.79 Å². The molecule has 5 heteroatoms. The molecule has 0 amide bonds. The maximum atomic E-state index is 11.8. The number of aryl methyl sites for hydroxylation is 1. The van der Waals surface area contributed by atoms with Gasteiger partial charge in [-0.15, -0.1) is 0 Å². The Bertz CT molecular complexity index is 449. The van der Waals surface area contributed by atoms with E-state index in [0.717, 1.165) is 41.9 Å². The summed E-state index contributed by atoms with van der Waals surface area (Å²) in [5.74, 6) is 0.549. The van der Waals surface area contributed by atoms with Crippen molar-refractivity contribution in [1.29, 1.82) is 0 Å². The van der Waals surface area contributed by atoms with Crippen LogP contribution in [0.5, 0.6) is 0 Å². The summed E-state index contributed by atoms with van der Waals surface area (Å²) in [6.07, 6.45) is 1.14. The molecule has 1 atom stereocenters. The summed E-state index contributed by atoms with van der Waals surface area (Å²) in [6, 6.07) is 0. The minimum atomic E-state index is -0.134. The van der Waals surface area contributed by atoms with Crippen LogP contribution < -0.4 is 11.0 Å². The van der Waals surface area contributed by atoms with Gasteiger partial charge in [0.2, 0.25) is 0 Å². The number of hydrogen-bond acceptors (Lipinski definition) is 3. The van der Waals surface area contributed by atoms with Crippen LogP contribution in [0.1, 0.15) is 17.8 Å². The molecule has 1 fully saturated rings. The van der Waals surface area contributed by atoms with E-state index in [-0.39, 0.29) is 5.69 Å². The fourth-order valence-electron chi connectivity index (χ4n) is 2.12. The van der Waals surface area contributed by atoms with Crippen LogP contribution in [-0.2, 0) is 6.54 Å². The molecule has 2 rings (SSSR count). The van der Waals surface area contributed by atoms with E-state index in [1.807, 2.05) is 13.8 Å². The third-order valence-corrected chi connectivity index (χ3v) is 4.29. The standard InChI is InChI=1S/C11H16BrN3O/c1-7-10(12)8(2)15(11(16)14-7)6-9-3-4-13-5-9/h9,13H,3-6H2,1-2H3. The highest BCUT2D eigenvalue weighted by molar-refractivity contribution is 9.10. The molecule has 0 radical (unpaired) electrons. The quantitative estimate of drug-likeness (QED) is 0.889. The Kier molecular flexibility index (Phi) is 3.44. The van der Waals surface area contributed by atoms with Crippen molar-refractivity contribution in [2.24, 2.45) is 5.92 Å². The molecule has 16 heavy (non-hydrogen) atoms. The lowest BCUT2D eigenvalue weighted by molar-refractivity contribution is 0.457. The minimum Gasteiger partial charge on any atom is -0.316 e. The Morgan fingerprint density at radius 1 is 1.56 bits per heavy atom. The molecule has 1 unspecified atom stereocenters. The van der Waals surface area contributed by atoms with Gasteiger partial charge in [-0.05, 0) is 55.2 Å². The molecule has 1 aliphatic heterocycles. The summed E-state index contributed by atoms with van der Waals surface area (Å²) in [6.45, 7) is 6.63. The molecule has 1 aliphatic rings. The Morgan fingerprint density at radius 3 is 2.94 bits per heavy atom. The van der Waals surface area contributed by atoms with Gasteiger partial charge in [-0.2, -0.15) is 4.98 Å². The highest BCUT2D eigenvalue weighted by Gasteiger charge is 2.18. The molecule has 0 bridgehead atoms. The van der Waals surface area contributed by atoms with Crippen LogP contribution in [0.25, 0.3) is 0 Å². The normalized spacial score (nSPS) is 20.3. The van der Waals surface area contributed by atoms with E-state index in [9.17, 15) is 4.79 Å². The van der Waals surface area contributed by atoms with Gasteiger partial charge in [0.05, 0.1) is 10.2 Å². The first-order chi connectivity index (χ1) is 7.59. The van der Waals surface area contributed by atoms with E-state index in [1.54, 1.807) is 4.57 Å². The van der Waals surface area contributed by atoms with E-state index in [2.05, 4.69) is 26.2 Å². The lowest BCUT2D eigenvalue weighted by Gasteiger charge is -2.15. The fourth-order valence-corrected chi connectivity index (χ4v) is 2.42. The van der Waals surface area contributed by atoms with Gasteiger partial charge in [0.25, 0.3) is 0 Å². The molecular weight excluding hydrogens is 270 g/mol. The van der Waals surface area contributed by atoms with E-state index < -0.39 is 0 Å². The molecule has 0 aromatic carbocycles. The Hall–Kier alpha value is -0.680. The van der Waals surface area contributed by atoms with Crippen molar-refractivity contribution in [3.63, 3.8) is 0 Å². The van der Waals surface area contributed by atoms with Crippen molar-refractivity contribution < 1.29 is 0 Å². The first kappa shape index (κ1) is 11.8. The van der Waals surface area contributed by atoms with Gasteiger partial charge in [-0.1, -0.05) is 0 Å². The summed E-state index contributed by atoms with van der Waals surface area (Å²) < 4.78 is 2.72. The van der Waals surface area contributed by atoms with Gasteiger partial charge in [0.15, 0.2) is 0 Å². The SMILES string of the molecule is Cc1nc(=O)n(CC2CCNC2)c(C)c1Br. The van der Waals surface area contributed by atoms with E-state index in [0.29, 0.717) is 5.92 Å². The molecule has 4 nitrogen and oxygen atoms in total. The summed E-state index contributed by atoms with van der Waals surface area (Å²) >= 11 is 3.48. The predicted molar refractivity (Wildman–Crippen MR) is 66.6 cm³/mol. The maximum Gasteiger partial charge on any atom is 0.348 e. The molecule has 1 saturated heterocycles. The molecule has 88 valence electrons. The fraction of sp³-hybridized carbons (Fsp3) is 0.636. The zero-order valence-electron chi connectivity index (χ0n) is 9.59. The van der Waals surface area contributed by atoms with Gasteiger partial charge < -0.3 is 5.32 Å². The number of aromatic nitrogens is 2. The smallest absolute Gasteiger partial charge is 0.316 e. The average molecular weight is 286 g/mol. The Balaban J connectivity index is 2.32. The lowest BCUT2D eigenvalue weighted by atomic mass is 10.1. The van der Waals surface area contributed by atoms with Crippen LogP contribution in [0, 0.1) is 19.8 Å². The van der Waals surface area contributed by atoms with Gasteiger partial charge in [0.1, 0.15) is 0 Å². The topological polar surface area (TPSA) is 46.9 Å². The zero-order chi connectivity index (χ0) is 11.7. The van der Waals surface area contributed by atoms with Gasteiger partial charge in [0, 0.05) is 12.2 Å². The monoisotopic (exact) mass is 285 g/mol. The number of nitrogens with one attached hydrogen (secondary N) is 1. The van der Waals surface area contributed by atoms with Crippen LogP contribution in [0.3, 0.4) is 0 Å². The molecule has 1 aromatic heterocycles. The third kappa shape index (κ3) is 2.20. The molecule has 2 heterocycles. The van der Waals surface area contributed by atoms with Crippen molar-refractivity contribution >= 4 is 15.9 Å². The largest absolute Gasteiger partial charge is 0.348 e. The first-order valence-corrected chi connectivity index (χ1v) is 6.33. The number of rotatable bonds is 2. The summed E-state index contributed by atoms with van der Waals surface area (Å²) in [5.41, 5.74) is 1.61. The zero-order valence-corrected chi connectivity index (χ0v) is 11.2. The highest BCUT2D eigenvalue weighted by Crippen LogP contribution is 2.18. The third-order valence-electron chi connectivity index (χ3n) is 3.14. The van der Waals surface area contributed by atoms with Crippen LogP contribution in [0.2, 0.25) is 0 Å². The van der Waals surface area contributed by atoms with Crippen molar-refractivity contribution in [2.75, 3.05) is 13.1 Å². The minimum absolute atomic E-state index is 0.134. The number of hydrogen-bond donors (Lipinski definition) is 1.